The summed E-state index contributed by atoms with van der Waals surface area (Å²) in [6, 6.07) is 6.69. The fraction of sp³-hybridized carbons (Fsp3) is 0.368. The first-order chi connectivity index (χ1) is 12.4. The Labute approximate surface area is 150 Å². The molecule has 3 aromatic rings. The number of aromatic nitrogens is 2. The number of anilines is 1. The molecule has 2 aromatic heterocycles. The van der Waals surface area contributed by atoms with Gasteiger partial charge in [-0.3, -0.25) is 4.98 Å². The number of fused-ring (bicyclic) bond motifs is 1. The molecule has 138 valence electrons. The van der Waals surface area contributed by atoms with Crippen LogP contribution in [-0.2, 0) is 6.42 Å². The van der Waals surface area contributed by atoms with E-state index in [4.69, 9.17) is 4.52 Å². The summed E-state index contributed by atoms with van der Waals surface area (Å²) in [7, 11) is 0. The molecular formula is C19H21F2N3O2. The van der Waals surface area contributed by atoms with E-state index in [9.17, 15) is 8.78 Å². The van der Waals surface area contributed by atoms with Crippen molar-refractivity contribution >= 4 is 16.6 Å². The SMILES string of the molecule is Cc1cc(NCCCc2c(C)noc2C)c2cc(OC(F)F)ccc2n1. The molecule has 0 aliphatic heterocycles. The lowest BCUT2D eigenvalue weighted by atomic mass is 10.1. The highest BCUT2D eigenvalue weighted by Crippen LogP contribution is 2.28. The predicted octanol–water partition coefficient (Wildman–Crippen LogP) is 4.79. The third kappa shape index (κ3) is 4.09. The van der Waals surface area contributed by atoms with Crippen LogP contribution in [-0.4, -0.2) is 23.3 Å². The minimum Gasteiger partial charge on any atom is -0.435 e. The zero-order valence-electron chi connectivity index (χ0n) is 15.0. The first-order valence-electron chi connectivity index (χ1n) is 8.46. The van der Waals surface area contributed by atoms with Crippen molar-refractivity contribution < 1.29 is 18.0 Å². The quantitative estimate of drug-likeness (QED) is 0.613. The van der Waals surface area contributed by atoms with Crippen LogP contribution < -0.4 is 10.1 Å². The van der Waals surface area contributed by atoms with Gasteiger partial charge in [-0.25, -0.2) is 0 Å². The Kier molecular flexibility index (Phi) is 5.35. The van der Waals surface area contributed by atoms with Crippen molar-refractivity contribution in [2.24, 2.45) is 0 Å². The monoisotopic (exact) mass is 361 g/mol. The van der Waals surface area contributed by atoms with Crippen molar-refractivity contribution in [3.05, 3.63) is 47.0 Å². The lowest BCUT2D eigenvalue weighted by molar-refractivity contribution is -0.0497. The van der Waals surface area contributed by atoms with Crippen LogP contribution in [0.3, 0.4) is 0 Å². The number of benzene rings is 1. The maximum absolute atomic E-state index is 12.5. The van der Waals surface area contributed by atoms with Crippen LogP contribution in [0.1, 0.15) is 29.1 Å². The zero-order valence-corrected chi connectivity index (χ0v) is 15.0. The second-order valence-corrected chi connectivity index (χ2v) is 6.20. The number of hydrogen-bond donors (Lipinski definition) is 1. The number of nitrogens with one attached hydrogen (secondary N) is 1. The Balaban J connectivity index is 1.73. The van der Waals surface area contributed by atoms with E-state index in [0.717, 1.165) is 58.7 Å². The van der Waals surface area contributed by atoms with Crippen molar-refractivity contribution in [1.82, 2.24) is 10.1 Å². The minimum absolute atomic E-state index is 0.122. The standard InChI is InChI=1S/C19H21F2N3O2/c1-11-9-18(22-8-4-5-15-12(2)24-26-13(15)3)16-10-14(25-19(20)21)6-7-17(16)23-11/h6-7,9-10,19H,4-5,8H2,1-3H3,(H,22,23). The van der Waals surface area contributed by atoms with Crippen molar-refractivity contribution in [2.45, 2.75) is 40.2 Å². The Bertz CT molecular complexity index is 890. The highest BCUT2D eigenvalue weighted by atomic mass is 19.3. The third-order valence-electron chi connectivity index (χ3n) is 4.23. The van der Waals surface area contributed by atoms with Crippen molar-refractivity contribution in [3.63, 3.8) is 0 Å². The van der Waals surface area contributed by atoms with Crippen LogP contribution in [0.5, 0.6) is 5.75 Å². The number of alkyl halides is 2. The molecule has 7 heteroatoms. The summed E-state index contributed by atoms with van der Waals surface area (Å²) in [5.41, 5.74) is 4.50. The molecule has 0 atom stereocenters. The number of hydrogen-bond acceptors (Lipinski definition) is 5. The number of rotatable bonds is 7. The smallest absolute Gasteiger partial charge is 0.387 e. The van der Waals surface area contributed by atoms with E-state index >= 15 is 0 Å². The fourth-order valence-electron chi connectivity index (χ4n) is 3.01. The first-order valence-corrected chi connectivity index (χ1v) is 8.46. The van der Waals surface area contributed by atoms with Crippen molar-refractivity contribution in [1.29, 1.82) is 0 Å². The maximum Gasteiger partial charge on any atom is 0.387 e. The van der Waals surface area contributed by atoms with Crippen molar-refractivity contribution in [3.8, 4) is 5.75 Å². The summed E-state index contributed by atoms with van der Waals surface area (Å²) in [5.74, 6) is 0.971. The highest BCUT2D eigenvalue weighted by Gasteiger charge is 2.10. The van der Waals surface area contributed by atoms with E-state index in [1.54, 1.807) is 12.1 Å². The van der Waals surface area contributed by atoms with Gasteiger partial charge in [0, 0.05) is 28.9 Å². The minimum atomic E-state index is -2.85. The topological polar surface area (TPSA) is 60.2 Å². The van der Waals surface area contributed by atoms with Crippen LogP contribution in [0.15, 0.2) is 28.8 Å². The number of pyridine rings is 1. The Morgan fingerprint density at radius 2 is 2.00 bits per heavy atom. The van der Waals surface area contributed by atoms with Crippen LogP contribution in [0.2, 0.25) is 0 Å². The molecule has 2 heterocycles. The molecule has 3 rings (SSSR count). The van der Waals surface area contributed by atoms with E-state index in [1.165, 1.54) is 6.07 Å². The molecule has 0 spiro atoms. The van der Waals surface area contributed by atoms with Crippen LogP contribution >= 0.6 is 0 Å². The molecule has 5 nitrogen and oxygen atoms in total. The molecule has 0 saturated heterocycles. The maximum atomic E-state index is 12.5. The van der Waals surface area contributed by atoms with Crippen LogP contribution in [0.4, 0.5) is 14.5 Å². The number of nitrogens with zero attached hydrogens (tertiary/aromatic N) is 2. The molecule has 0 fully saturated rings. The van der Waals surface area contributed by atoms with Gasteiger partial charge in [0.25, 0.3) is 0 Å². The second-order valence-electron chi connectivity index (χ2n) is 6.20. The molecule has 0 radical (unpaired) electrons. The van der Waals surface area contributed by atoms with Gasteiger partial charge in [0.2, 0.25) is 0 Å². The molecule has 0 aliphatic rings. The molecule has 0 bridgehead atoms. The number of ether oxygens (including phenoxy) is 1. The molecule has 0 unspecified atom stereocenters. The fourth-order valence-corrected chi connectivity index (χ4v) is 3.01. The predicted molar refractivity (Wildman–Crippen MR) is 95.9 cm³/mol. The van der Waals surface area contributed by atoms with Gasteiger partial charge >= 0.3 is 6.61 Å². The highest BCUT2D eigenvalue weighted by molar-refractivity contribution is 5.92. The molecule has 0 aliphatic carbocycles. The van der Waals surface area contributed by atoms with Crippen LogP contribution in [0, 0.1) is 20.8 Å². The molecule has 0 amide bonds. The Morgan fingerprint density at radius 3 is 2.69 bits per heavy atom. The summed E-state index contributed by atoms with van der Waals surface area (Å²) in [6.45, 7) is 3.62. The summed E-state index contributed by atoms with van der Waals surface area (Å²) in [4.78, 5) is 4.44. The first kappa shape index (κ1) is 18.1. The lowest BCUT2D eigenvalue weighted by Gasteiger charge is -2.12. The van der Waals surface area contributed by atoms with Crippen molar-refractivity contribution in [2.75, 3.05) is 11.9 Å². The zero-order chi connectivity index (χ0) is 18.7. The molecule has 0 saturated carbocycles. The van der Waals surface area contributed by atoms with E-state index in [1.807, 2.05) is 26.8 Å². The average molecular weight is 361 g/mol. The normalized spacial score (nSPS) is 11.3. The van der Waals surface area contributed by atoms with Crippen LogP contribution in [0.25, 0.3) is 10.9 Å². The van der Waals surface area contributed by atoms with Gasteiger partial charge in [0.05, 0.1) is 11.2 Å². The average Bonchev–Trinajstić information content (AvgIpc) is 2.90. The second kappa shape index (κ2) is 7.68. The van der Waals surface area contributed by atoms with Gasteiger partial charge in [-0.2, -0.15) is 8.78 Å². The molecule has 1 N–H and O–H groups in total. The summed E-state index contributed by atoms with van der Waals surface area (Å²) >= 11 is 0. The van der Waals surface area contributed by atoms with Gasteiger partial charge < -0.3 is 14.6 Å². The van der Waals surface area contributed by atoms with E-state index in [2.05, 4.69) is 20.2 Å². The van der Waals surface area contributed by atoms with E-state index in [0.29, 0.717) is 0 Å². The number of aryl methyl sites for hydroxylation is 3. The molecule has 26 heavy (non-hydrogen) atoms. The van der Waals surface area contributed by atoms with Gasteiger partial charge in [0.1, 0.15) is 11.5 Å². The van der Waals surface area contributed by atoms with E-state index < -0.39 is 6.61 Å². The summed E-state index contributed by atoms with van der Waals surface area (Å²) in [6.07, 6.45) is 1.74. The Hall–Kier alpha value is -2.70. The third-order valence-corrected chi connectivity index (χ3v) is 4.23. The van der Waals surface area contributed by atoms with Gasteiger partial charge in [-0.05, 0) is 57.9 Å². The molecule has 1 aromatic carbocycles. The van der Waals surface area contributed by atoms with Gasteiger partial charge in [-0.15, -0.1) is 0 Å². The lowest BCUT2D eigenvalue weighted by Crippen LogP contribution is -2.06. The molecular weight excluding hydrogens is 340 g/mol. The van der Waals surface area contributed by atoms with E-state index in [-0.39, 0.29) is 5.75 Å². The Morgan fingerprint density at radius 1 is 1.19 bits per heavy atom. The number of halogens is 2. The largest absolute Gasteiger partial charge is 0.435 e. The van der Waals surface area contributed by atoms with Gasteiger partial charge in [-0.1, -0.05) is 5.16 Å². The summed E-state index contributed by atoms with van der Waals surface area (Å²) < 4.78 is 34.6. The summed E-state index contributed by atoms with van der Waals surface area (Å²) in [5, 5.41) is 8.09. The van der Waals surface area contributed by atoms with Gasteiger partial charge in [0.15, 0.2) is 0 Å².